The third-order valence-electron chi connectivity index (χ3n) is 6.81. The number of phenols is 1. The van der Waals surface area contributed by atoms with E-state index in [2.05, 4.69) is 25.6 Å². The third kappa shape index (κ3) is 4.52. The zero-order valence-corrected chi connectivity index (χ0v) is 22.4. The number of anilines is 2. The Hall–Kier alpha value is -3.50. The van der Waals surface area contributed by atoms with Gasteiger partial charge < -0.3 is 25.4 Å². The van der Waals surface area contributed by atoms with E-state index in [1.54, 1.807) is 4.90 Å². The first-order chi connectivity index (χ1) is 18.2. The summed E-state index contributed by atoms with van der Waals surface area (Å²) in [5.74, 6) is -1.05. The van der Waals surface area contributed by atoms with E-state index in [9.17, 15) is 9.90 Å². The monoisotopic (exact) mass is 540 g/mol. The van der Waals surface area contributed by atoms with Gasteiger partial charge in [0.25, 0.3) is 5.91 Å². The van der Waals surface area contributed by atoms with Crippen molar-refractivity contribution in [2.45, 2.75) is 45.6 Å². The summed E-state index contributed by atoms with van der Waals surface area (Å²) in [6, 6.07) is 3.74. The number of halogens is 2. The van der Waals surface area contributed by atoms with Gasteiger partial charge in [-0.1, -0.05) is 45.4 Å². The number of hydrogen-bond acceptors (Lipinski definition) is 8. The van der Waals surface area contributed by atoms with Gasteiger partial charge >= 0.3 is 0 Å². The minimum Gasteiger partial charge on any atom is -0.507 e. The molecule has 3 aromatic rings. The first-order valence-electron chi connectivity index (χ1n) is 12.7. The van der Waals surface area contributed by atoms with E-state index in [4.69, 9.17) is 16.3 Å². The van der Waals surface area contributed by atoms with Crippen LogP contribution < -0.4 is 15.4 Å². The molecule has 5 rings (SSSR count). The predicted molar refractivity (Wildman–Crippen MR) is 143 cm³/mol. The maximum absolute atomic E-state index is 15.0. The molecule has 1 amide bonds. The van der Waals surface area contributed by atoms with Crippen molar-refractivity contribution in [2.75, 3.05) is 31.6 Å². The van der Waals surface area contributed by atoms with Gasteiger partial charge in [-0.05, 0) is 24.0 Å². The highest BCUT2D eigenvalue weighted by Crippen LogP contribution is 2.46. The number of aromatic nitrogens is 3. The number of aromatic hydroxyl groups is 1. The largest absolute Gasteiger partial charge is 0.507 e. The molecule has 0 bridgehead atoms. The number of amides is 1. The van der Waals surface area contributed by atoms with E-state index in [0.29, 0.717) is 25.3 Å². The molecule has 2 aliphatic heterocycles. The lowest BCUT2D eigenvalue weighted by Crippen LogP contribution is -2.54. The highest BCUT2D eigenvalue weighted by molar-refractivity contribution is 6.35. The molecular formula is C27H30ClFN6O3. The minimum atomic E-state index is -0.708. The molecule has 0 unspecified atom stereocenters. The number of carbonyl (C=O) groups excluding carboxylic acids is 1. The van der Waals surface area contributed by atoms with Gasteiger partial charge in [-0.3, -0.25) is 4.79 Å². The smallest absolute Gasteiger partial charge is 0.261 e. The topological polar surface area (TPSA) is 112 Å². The quantitative estimate of drug-likeness (QED) is 0.422. The molecule has 11 heteroatoms. The Morgan fingerprint density at radius 3 is 2.55 bits per heavy atom. The summed E-state index contributed by atoms with van der Waals surface area (Å²) < 4.78 is 21.2. The Morgan fingerprint density at radius 1 is 1.18 bits per heavy atom. The van der Waals surface area contributed by atoms with E-state index in [1.807, 2.05) is 27.7 Å². The van der Waals surface area contributed by atoms with Gasteiger partial charge in [0, 0.05) is 19.6 Å². The summed E-state index contributed by atoms with van der Waals surface area (Å²) >= 11 is 6.77. The predicted octanol–water partition coefficient (Wildman–Crippen LogP) is 4.83. The van der Waals surface area contributed by atoms with Gasteiger partial charge in [0.2, 0.25) is 0 Å². The number of ether oxygens (including phenoxy) is 1. The average molecular weight is 541 g/mol. The van der Waals surface area contributed by atoms with E-state index in [-0.39, 0.29) is 69.6 Å². The standard InChI is InChI=1S/C27H30ClFN6O3/c1-13(2)21-24(22(14(3)4)32-12-31-21)34-26-19-25(38-11-15-10-30-8-9-35(15)27(19)37)20(28)23(33-26)18-16(29)6-5-7-17(18)36/h5-7,12-15,30,36H,8-11H2,1-4H3,(H,33,34)/t15-/m1/s1. The van der Waals surface area contributed by atoms with Crippen LogP contribution in [0.5, 0.6) is 11.5 Å². The van der Waals surface area contributed by atoms with Crippen LogP contribution in [-0.2, 0) is 0 Å². The second-order valence-corrected chi connectivity index (χ2v) is 10.5. The van der Waals surface area contributed by atoms with Crippen LogP contribution in [0.4, 0.5) is 15.9 Å². The maximum Gasteiger partial charge on any atom is 0.261 e. The van der Waals surface area contributed by atoms with Gasteiger partial charge in [-0.2, -0.15) is 0 Å². The molecule has 38 heavy (non-hydrogen) atoms. The van der Waals surface area contributed by atoms with E-state index >= 15 is 4.39 Å². The molecule has 0 aliphatic carbocycles. The van der Waals surface area contributed by atoms with Crippen LogP contribution in [0.2, 0.25) is 5.02 Å². The Balaban J connectivity index is 1.78. The van der Waals surface area contributed by atoms with Crippen molar-refractivity contribution in [2.24, 2.45) is 0 Å². The highest BCUT2D eigenvalue weighted by atomic mass is 35.5. The third-order valence-corrected chi connectivity index (χ3v) is 7.16. The summed E-state index contributed by atoms with van der Waals surface area (Å²) in [7, 11) is 0. The van der Waals surface area contributed by atoms with Crippen molar-refractivity contribution in [3.8, 4) is 22.8 Å². The number of benzene rings is 1. The van der Waals surface area contributed by atoms with Gasteiger partial charge in [0.05, 0.1) is 28.7 Å². The average Bonchev–Trinajstić information content (AvgIpc) is 3.03. The number of nitrogens with one attached hydrogen (secondary N) is 2. The van der Waals surface area contributed by atoms with Crippen molar-refractivity contribution < 1.29 is 19.0 Å². The van der Waals surface area contributed by atoms with Crippen LogP contribution in [0, 0.1) is 5.82 Å². The maximum atomic E-state index is 15.0. The number of fused-ring (bicyclic) bond motifs is 2. The van der Waals surface area contributed by atoms with Crippen LogP contribution in [0.15, 0.2) is 24.5 Å². The number of hydrogen-bond donors (Lipinski definition) is 3. The van der Waals surface area contributed by atoms with Crippen LogP contribution in [0.25, 0.3) is 11.3 Å². The van der Waals surface area contributed by atoms with Crippen LogP contribution >= 0.6 is 11.6 Å². The number of phenolic OH excluding ortho intramolecular Hbond substituents is 1. The van der Waals surface area contributed by atoms with Gasteiger partial charge in [0.15, 0.2) is 5.75 Å². The van der Waals surface area contributed by atoms with Crippen LogP contribution in [0.3, 0.4) is 0 Å². The lowest BCUT2D eigenvalue weighted by atomic mass is 10.0. The number of piperazine rings is 1. The molecule has 200 valence electrons. The fourth-order valence-corrected chi connectivity index (χ4v) is 5.20. The lowest BCUT2D eigenvalue weighted by Gasteiger charge is -2.34. The molecule has 2 aliphatic rings. The SMILES string of the molecule is CC(C)c1ncnc(C(C)C)c1Nc1nc(-c2c(O)cccc2F)c(Cl)c2c1C(=O)N1CCNC[C@@H]1CO2. The normalized spacial score (nSPS) is 17.2. The first kappa shape index (κ1) is 26.1. The summed E-state index contributed by atoms with van der Waals surface area (Å²) in [5, 5.41) is 17.1. The van der Waals surface area contributed by atoms with E-state index in [1.165, 1.54) is 24.5 Å². The molecule has 9 nitrogen and oxygen atoms in total. The number of pyridine rings is 1. The molecule has 3 N–H and O–H groups in total. The molecule has 1 fully saturated rings. The zero-order valence-electron chi connectivity index (χ0n) is 21.7. The molecule has 0 spiro atoms. The summed E-state index contributed by atoms with van der Waals surface area (Å²) in [6.07, 6.45) is 1.52. The molecular weight excluding hydrogens is 511 g/mol. The van der Waals surface area contributed by atoms with Crippen molar-refractivity contribution >= 4 is 29.0 Å². The first-order valence-corrected chi connectivity index (χ1v) is 13.0. The summed E-state index contributed by atoms with van der Waals surface area (Å²) in [4.78, 5) is 29.4. The Kier molecular flexibility index (Phi) is 7.11. The van der Waals surface area contributed by atoms with Gasteiger partial charge in [-0.25, -0.2) is 19.3 Å². The number of carbonyl (C=O) groups is 1. The van der Waals surface area contributed by atoms with Gasteiger partial charge in [-0.15, -0.1) is 0 Å². The second kappa shape index (κ2) is 10.3. The van der Waals surface area contributed by atoms with Crippen molar-refractivity contribution in [3.63, 3.8) is 0 Å². The molecule has 2 aromatic heterocycles. The number of rotatable bonds is 5. The van der Waals surface area contributed by atoms with Crippen molar-refractivity contribution in [1.29, 1.82) is 0 Å². The fraction of sp³-hybridized carbons (Fsp3) is 0.407. The second-order valence-electron chi connectivity index (χ2n) is 10.1. The van der Waals surface area contributed by atoms with Crippen molar-refractivity contribution in [3.05, 3.63) is 52.3 Å². The molecule has 1 aromatic carbocycles. The minimum absolute atomic E-state index is 0.0310. The summed E-state index contributed by atoms with van der Waals surface area (Å²) in [5.41, 5.74) is 2.03. The van der Waals surface area contributed by atoms with Crippen molar-refractivity contribution in [1.82, 2.24) is 25.2 Å². The highest BCUT2D eigenvalue weighted by Gasteiger charge is 2.38. The molecule has 1 saturated heterocycles. The van der Waals surface area contributed by atoms with Gasteiger partial charge in [0.1, 0.15) is 46.6 Å². The lowest BCUT2D eigenvalue weighted by molar-refractivity contribution is 0.0607. The molecule has 0 saturated carbocycles. The zero-order chi connectivity index (χ0) is 27.1. The molecule has 1 atom stereocenters. The molecule has 0 radical (unpaired) electrons. The van der Waals surface area contributed by atoms with Crippen LogP contribution in [-0.4, -0.2) is 63.1 Å². The van der Waals surface area contributed by atoms with E-state index < -0.39 is 5.82 Å². The molecule has 4 heterocycles. The summed E-state index contributed by atoms with van der Waals surface area (Å²) in [6.45, 7) is 9.93. The Labute approximate surface area is 225 Å². The Bertz CT molecular complexity index is 1350. The van der Waals surface area contributed by atoms with E-state index in [0.717, 1.165) is 11.4 Å². The van der Waals surface area contributed by atoms with Crippen LogP contribution in [0.1, 0.15) is 61.3 Å². The number of nitrogens with zero attached hydrogens (tertiary/aromatic N) is 4. The fourth-order valence-electron chi connectivity index (χ4n) is 4.91. The Morgan fingerprint density at radius 2 is 1.89 bits per heavy atom.